The molecule has 2 aromatic carbocycles. The molecular formula is C18H16N4O3. The first-order valence-corrected chi connectivity index (χ1v) is 7.87. The van der Waals surface area contributed by atoms with E-state index in [-0.39, 0.29) is 5.91 Å². The van der Waals surface area contributed by atoms with E-state index in [0.717, 1.165) is 22.9 Å². The lowest BCUT2D eigenvalue weighted by atomic mass is 10.0. The van der Waals surface area contributed by atoms with Gasteiger partial charge in [-0.3, -0.25) is 15.0 Å². The molecule has 2 heterocycles. The van der Waals surface area contributed by atoms with Gasteiger partial charge in [0.2, 0.25) is 0 Å². The van der Waals surface area contributed by atoms with E-state index in [1.54, 1.807) is 30.3 Å². The van der Waals surface area contributed by atoms with E-state index >= 15 is 0 Å². The quantitative estimate of drug-likeness (QED) is 0.332. The smallest absolute Gasteiger partial charge is 0.265 e. The number of H-pyrrole nitrogens is 1. The summed E-state index contributed by atoms with van der Waals surface area (Å²) in [6.07, 6.45) is 2.68. The Morgan fingerprint density at radius 3 is 2.96 bits per heavy atom. The van der Waals surface area contributed by atoms with Crippen LogP contribution in [0.1, 0.15) is 26.3 Å². The van der Waals surface area contributed by atoms with Gasteiger partial charge in [-0.2, -0.15) is 0 Å². The second-order valence-corrected chi connectivity index (χ2v) is 5.78. The third-order valence-electron chi connectivity index (χ3n) is 4.25. The molecule has 126 valence electrons. The minimum atomic E-state index is -0.412. The molecule has 0 bridgehead atoms. The largest absolute Gasteiger partial charge is 0.456 e. The maximum absolute atomic E-state index is 12.5. The fourth-order valence-electron chi connectivity index (χ4n) is 3.09. The third-order valence-corrected chi connectivity index (χ3v) is 4.25. The molecule has 4 rings (SSSR count). The van der Waals surface area contributed by atoms with Gasteiger partial charge in [0.05, 0.1) is 5.56 Å². The Bertz CT molecular complexity index is 993. The van der Waals surface area contributed by atoms with Gasteiger partial charge in [-0.15, -0.1) is 0 Å². The first-order chi connectivity index (χ1) is 12.2. The second-order valence-electron chi connectivity index (χ2n) is 5.78. The third kappa shape index (κ3) is 2.60. The molecule has 7 nitrogen and oxygen atoms in total. The number of benzene rings is 2. The summed E-state index contributed by atoms with van der Waals surface area (Å²) < 4.78 is 5.93. The molecular weight excluding hydrogens is 320 g/mol. The number of nitrogens with one attached hydrogen (secondary N) is 3. The molecule has 0 fully saturated rings. The molecule has 0 radical (unpaired) electrons. The predicted molar refractivity (Wildman–Crippen MR) is 92.5 cm³/mol. The van der Waals surface area contributed by atoms with Crippen LogP contribution in [0.15, 0.2) is 42.6 Å². The van der Waals surface area contributed by atoms with Crippen LogP contribution in [-0.4, -0.2) is 23.3 Å². The molecule has 7 heteroatoms. The zero-order chi connectivity index (χ0) is 17.4. The van der Waals surface area contributed by atoms with Crippen LogP contribution >= 0.6 is 0 Å². The molecule has 1 aromatic heterocycles. The zero-order valence-corrected chi connectivity index (χ0v) is 13.3. The number of nitrogen functional groups attached to an aromatic ring is 1. The molecule has 1 aliphatic rings. The van der Waals surface area contributed by atoms with Crippen molar-refractivity contribution in [2.75, 3.05) is 6.54 Å². The van der Waals surface area contributed by atoms with Gasteiger partial charge in [0.1, 0.15) is 11.5 Å². The highest BCUT2D eigenvalue weighted by Crippen LogP contribution is 2.34. The molecule has 2 amide bonds. The number of aromatic amines is 1. The second kappa shape index (κ2) is 5.95. The van der Waals surface area contributed by atoms with Crippen LogP contribution in [0.2, 0.25) is 0 Å². The van der Waals surface area contributed by atoms with Crippen molar-refractivity contribution in [1.82, 2.24) is 15.7 Å². The van der Waals surface area contributed by atoms with Crippen LogP contribution in [0.5, 0.6) is 11.5 Å². The number of nitrogens with two attached hydrogens (primary N) is 1. The Hall–Kier alpha value is -3.32. The summed E-state index contributed by atoms with van der Waals surface area (Å²) in [6.45, 7) is 0.575. The van der Waals surface area contributed by atoms with E-state index in [1.165, 1.54) is 0 Å². The average molecular weight is 336 g/mol. The Balaban J connectivity index is 1.80. The van der Waals surface area contributed by atoms with E-state index in [9.17, 15) is 9.59 Å². The van der Waals surface area contributed by atoms with E-state index in [1.807, 2.05) is 12.3 Å². The van der Waals surface area contributed by atoms with Crippen LogP contribution < -0.4 is 21.3 Å². The number of rotatable bonds is 3. The van der Waals surface area contributed by atoms with Crippen molar-refractivity contribution >= 4 is 22.7 Å². The molecule has 25 heavy (non-hydrogen) atoms. The van der Waals surface area contributed by atoms with Gasteiger partial charge in [-0.05, 0) is 42.3 Å². The van der Waals surface area contributed by atoms with Crippen molar-refractivity contribution in [1.29, 1.82) is 0 Å². The van der Waals surface area contributed by atoms with Crippen molar-refractivity contribution in [2.24, 2.45) is 5.84 Å². The van der Waals surface area contributed by atoms with Gasteiger partial charge in [-0.25, -0.2) is 5.84 Å². The lowest BCUT2D eigenvalue weighted by Crippen LogP contribution is -2.29. The summed E-state index contributed by atoms with van der Waals surface area (Å²) in [5.41, 5.74) is 4.93. The number of ether oxygens (including phenoxy) is 1. The monoisotopic (exact) mass is 336 g/mol. The highest BCUT2D eigenvalue weighted by Gasteiger charge is 2.23. The van der Waals surface area contributed by atoms with Crippen LogP contribution in [0.3, 0.4) is 0 Å². The van der Waals surface area contributed by atoms with E-state index in [0.29, 0.717) is 29.2 Å². The molecule has 0 aliphatic carbocycles. The van der Waals surface area contributed by atoms with Crippen molar-refractivity contribution < 1.29 is 14.3 Å². The van der Waals surface area contributed by atoms with E-state index in [4.69, 9.17) is 10.6 Å². The fourth-order valence-corrected chi connectivity index (χ4v) is 3.09. The first-order valence-electron chi connectivity index (χ1n) is 7.87. The number of aromatic nitrogens is 1. The predicted octanol–water partition coefficient (Wildman–Crippen LogP) is 1.85. The van der Waals surface area contributed by atoms with Gasteiger partial charge in [0.15, 0.2) is 0 Å². The summed E-state index contributed by atoms with van der Waals surface area (Å²) in [5, 5.41) is 3.77. The fraction of sp³-hybridized carbons (Fsp3) is 0.111. The molecule has 0 saturated carbocycles. The number of amides is 2. The van der Waals surface area contributed by atoms with Crippen LogP contribution in [0.4, 0.5) is 0 Å². The normalized spacial score (nSPS) is 13.2. The van der Waals surface area contributed by atoms with E-state index < -0.39 is 5.91 Å². The highest BCUT2D eigenvalue weighted by atomic mass is 16.5. The summed E-state index contributed by atoms with van der Waals surface area (Å²) in [6, 6.07) is 10.2. The molecule has 5 N–H and O–H groups in total. The summed E-state index contributed by atoms with van der Waals surface area (Å²) in [4.78, 5) is 27.4. The van der Waals surface area contributed by atoms with Crippen molar-refractivity contribution in [3.05, 3.63) is 59.3 Å². The van der Waals surface area contributed by atoms with Gasteiger partial charge in [0.25, 0.3) is 11.8 Å². The minimum Gasteiger partial charge on any atom is -0.456 e. The van der Waals surface area contributed by atoms with Crippen LogP contribution in [0.25, 0.3) is 10.9 Å². The summed E-state index contributed by atoms with van der Waals surface area (Å²) in [7, 11) is 0. The maximum atomic E-state index is 12.5. The Kier molecular flexibility index (Phi) is 3.62. The highest BCUT2D eigenvalue weighted by molar-refractivity contribution is 6.10. The lowest BCUT2D eigenvalue weighted by molar-refractivity contribution is 0.0945. The van der Waals surface area contributed by atoms with Gasteiger partial charge >= 0.3 is 0 Å². The number of hydrogen-bond donors (Lipinski definition) is 4. The standard InChI is InChI=1S/C18H16N4O3/c19-22-17(23)10-2-1-3-12(8-10)25-14-5-4-13-15-11(9-21-13)6-7-20-18(24)16(14)15/h1-5,8-9,21H,6-7,19H2,(H,20,24)(H,22,23). The average Bonchev–Trinajstić information content (AvgIpc) is 2.95. The number of carbonyl (C=O) groups is 2. The maximum Gasteiger partial charge on any atom is 0.265 e. The topological polar surface area (TPSA) is 109 Å². The Labute approximate surface area is 143 Å². The Morgan fingerprint density at radius 1 is 1.24 bits per heavy atom. The molecule has 0 atom stereocenters. The molecule has 1 aliphatic heterocycles. The van der Waals surface area contributed by atoms with Crippen LogP contribution in [-0.2, 0) is 6.42 Å². The van der Waals surface area contributed by atoms with Gasteiger partial charge < -0.3 is 15.0 Å². The first kappa shape index (κ1) is 15.2. The molecule has 0 unspecified atom stereocenters. The Morgan fingerprint density at radius 2 is 2.12 bits per heavy atom. The molecule has 3 aromatic rings. The molecule has 0 spiro atoms. The SMILES string of the molecule is NNC(=O)c1cccc(Oc2ccc3[nH]cc4c3c2C(=O)NCC4)c1. The summed E-state index contributed by atoms with van der Waals surface area (Å²) >= 11 is 0. The number of hydrazine groups is 1. The van der Waals surface area contributed by atoms with Gasteiger partial charge in [0, 0.05) is 29.2 Å². The minimum absolute atomic E-state index is 0.171. The van der Waals surface area contributed by atoms with Crippen LogP contribution in [0, 0.1) is 0 Å². The van der Waals surface area contributed by atoms with Crippen molar-refractivity contribution in [3.63, 3.8) is 0 Å². The van der Waals surface area contributed by atoms with Crippen molar-refractivity contribution in [2.45, 2.75) is 6.42 Å². The van der Waals surface area contributed by atoms with E-state index in [2.05, 4.69) is 15.7 Å². The van der Waals surface area contributed by atoms with Gasteiger partial charge in [-0.1, -0.05) is 6.07 Å². The number of carbonyl (C=O) groups excluding carboxylic acids is 2. The zero-order valence-electron chi connectivity index (χ0n) is 13.3. The molecule has 0 saturated heterocycles. The van der Waals surface area contributed by atoms with Crippen molar-refractivity contribution in [3.8, 4) is 11.5 Å². The number of hydrogen-bond acceptors (Lipinski definition) is 4. The summed E-state index contributed by atoms with van der Waals surface area (Å²) in [5.74, 6) is 5.47. The lowest BCUT2D eigenvalue weighted by Gasteiger charge is -2.12.